The van der Waals surface area contributed by atoms with Gasteiger partial charge in [0, 0.05) is 19.3 Å². The number of hydrogen-bond donors (Lipinski definition) is 1. The van der Waals surface area contributed by atoms with Crippen LogP contribution in [0.3, 0.4) is 0 Å². The number of anilines is 1. The van der Waals surface area contributed by atoms with E-state index in [9.17, 15) is 17.6 Å². The van der Waals surface area contributed by atoms with E-state index in [0.29, 0.717) is 13.0 Å². The first-order chi connectivity index (χ1) is 8.88. The first kappa shape index (κ1) is 13.8. The molecule has 1 aromatic carbocycles. The SMILES string of the molecule is CS(=O)(=O)C1CCN(C(=O)Nc2ccccc2F)C1. The standard InChI is InChI=1S/C12H15FN2O3S/c1-19(17,18)9-6-7-15(8-9)12(16)14-11-5-3-2-4-10(11)13/h2-5,9H,6-8H2,1H3,(H,14,16). The Morgan fingerprint density at radius 2 is 2.11 bits per heavy atom. The molecule has 1 fully saturated rings. The van der Waals surface area contributed by atoms with Gasteiger partial charge < -0.3 is 10.2 Å². The molecule has 0 bridgehead atoms. The molecule has 19 heavy (non-hydrogen) atoms. The van der Waals surface area contributed by atoms with Crippen LogP contribution < -0.4 is 5.32 Å². The third-order valence-electron chi connectivity index (χ3n) is 3.15. The Kier molecular flexibility index (Phi) is 3.75. The maximum Gasteiger partial charge on any atom is 0.321 e. The number of halogens is 1. The lowest BCUT2D eigenvalue weighted by atomic mass is 10.3. The average molecular weight is 286 g/mol. The van der Waals surface area contributed by atoms with Crippen molar-refractivity contribution in [3.63, 3.8) is 0 Å². The highest BCUT2D eigenvalue weighted by atomic mass is 32.2. The second kappa shape index (κ2) is 5.16. The second-order valence-corrected chi connectivity index (χ2v) is 6.92. The highest BCUT2D eigenvalue weighted by Crippen LogP contribution is 2.18. The minimum Gasteiger partial charge on any atom is -0.323 e. The van der Waals surface area contributed by atoms with Crippen molar-refractivity contribution < 1.29 is 17.6 Å². The molecule has 104 valence electrons. The number of nitrogens with one attached hydrogen (secondary N) is 1. The fraction of sp³-hybridized carbons (Fsp3) is 0.417. The first-order valence-electron chi connectivity index (χ1n) is 5.87. The van der Waals surface area contributed by atoms with Crippen LogP contribution in [0.4, 0.5) is 14.9 Å². The Morgan fingerprint density at radius 1 is 1.42 bits per heavy atom. The van der Waals surface area contributed by atoms with Crippen molar-refractivity contribution in [2.24, 2.45) is 0 Å². The molecule has 1 N–H and O–H groups in total. The molecule has 1 aliphatic rings. The summed E-state index contributed by atoms with van der Waals surface area (Å²) in [5.74, 6) is -0.519. The van der Waals surface area contributed by atoms with Crippen LogP contribution in [0.25, 0.3) is 0 Å². The van der Waals surface area contributed by atoms with Crippen molar-refractivity contribution in [3.05, 3.63) is 30.1 Å². The van der Waals surface area contributed by atoms with E-state index in [-0.39, 0.29) is 12.2 Å². The van der Waals surface area contributed by atoms with Gasteiger partial charge in [0.15, 0.2) is 9.84 Å². The molecular weight excluding hydrogens is 271 g/mol. The van der Waals surface area contributed by atoms with Crippen LogP contribution in [-0.4, -0.2) is 43.9 Å². The van der Waals surface area contributed by atoms with Crippen molar-refractivity contribution in [1.82, 2.24) is 4.90 Å². The normalized spacial score (nSPS) is 19.5. The Balaban J connectivity index is 2.01. The number of carbonyl (C=O) groups is 1. The molecule has 1 aromatic rings. The Morgan fingerprint density at radius 3 is 2.68 bits per heavy atom. The van der Waals surface area contributed by atoms with Crippen LogP contribution in [0.5, 0.6) is 0 Å². The molecule has 1 saturated heterocycles. The van der Waals surface area contributed by atoms with Gasteiger partial charge in [0.1, 0.15) is 5.82 Å². The molecule has 0 aliphatic carbocycles. The quantitative estimate of drug-likeness (QED) is 0.895. The number of rotatable bonds is 2. The van der Waals surface area contributed by atoms with Gasteiger partial charge in [-0.3, -0.25) is 0 Å². The lowest BCUT2D eigenvalue weighted by molar-refractivity contribution is 0.222. The number of urea groups is 1. The predicted molar refractivity (Wildman–Crippen MR) is 70.2 cm³/mol. The fourth-order valence-corrected chi connectivity index (χ4v) is 3.00. The molecule has 1 aliphatic heterocycles. The summed E-state index contributed by atoms with van der Waals surface area (Å²) in [6.07, 6.45) is 1.58. The lowest BCUT2D eigenvalue weighted by Gasteiger charge is -2.17. The van der Waals surface area contributed by atoms with E-state index in [1.807, 2.05) is 0 Å². The van der Waals surface area contributed by atoms with Gasteiger partial charge in [0.2, 0.25) is 0 Å². The van der Waals surface area contributed by atoms with Crippen LogP contribution in [0.1, 0.15) is 6.42 Å². The summed E-state index contributed by atoms with van der Waals surface area (Å²) >= 11 is 0. The molecule has 7 heteroatoms. The highest BCUT2D eigenvalue weighted by molar-refractivity contribution is 7.91. The van der Waals surface area contributed by atoms with Gasteiger partial charge in [0.05, 0.1) is 10.9 Å². The molecule has 0 spiro atoms. The molecule has 5 nitrogen and oxygen atoms in total. The van der Waals surface area contributed by atoms with Crippen LogP contribution in [-0.2, 0) is 9.84 Å². The van der Waals surface area contributed by atoms with Crippen molar-refractivity contribution in [3.8, 4) is 0 Å². The van der Waals surface area contributed by atoms with Crippen LogP contribution in [0.2, 0.25) is 0 Å². The van der Waals surface area contributed by atoms with Crippen LogP contribution in [0, 0.1) is 5.82 Å². The van der Waals surface area contributed by atoms with E-state index >= 15 is 0 Å². The number of likely N-dealkylation sites (tertiary alicyclic amines) is 1. The number of benzene rings is 1. The highest BCUT2D eigenvalue weighted by Gasteiger charge is 2.32. The monoisotopic (exact) mass is 286 g/mol. The smallest absolute Gasteiger partial charge is 0.321 e. The Bertz CT molecular complexity index is 588. The molecule has 1 atom stereocenters. The van der Waals surface area contributed by atoms with Crippen molar-refractivity contribution in [2.45, 2.75) is 11.7 Å². The number of carbonyl (C=O) groups excluding carboxylic acids is 1. The van der Waals surface area contributed by atoms with E-state index in [1.165, 1.54) is 23.1 Å². The van der Waals surface area contributed by atoms with E-state index in [4.69, 9.17) is 0 Å². The number of amides is 2. The summed E-state index contributed by atoms with van der Waals surface area (Å²) in [4.78, 5) is 13.3. The molecule has 0 radical (unpaired) electrons. The zero-order valence-electron chi connectivity index (χ0n) is 10.5. The number of sulfone groups is 1. The summed E-state index contributed by atoms with van der Waals surface area (Å²) in [5, 5.41) is 1.91. The third-order valence-corrected chi connectivity index (χ3v) is 4.75. The molecule has 0 aromatic heterocycles. The van der Waals surface area contributed by atoms with Gasteiger partial charge >= 0.3 is 6.03 Å². The van der Waals surface area contributed by atoms with Crippen molar-refractivity contribution in [1.29, 1.82) is 0 Å². The summed E-state index contributed by atoms with van der Waals surface area (Å²) in [5.41, 5.74) is 0.0929. The van der Waals surface area contributed by atoms with Crippen molar-refractivity contribution >= 4 is 21.6 Å². The topological polar surface area (TPSA) is 66.5 Å². The minimum absolute atomic E-state index is 0.0929. The second-order valence-electron chi connectivity index (χ2n) is 4.60. The third kappa shape index (κ3) is 3.23. The van der Waals surface area contributed by atoms with Gasteiger partial charge in [-0.15, -0.1) is 0 Å². The van der Waals surface area contributed by atoms with E-state index in [1.54, 1.807) is 6.07 Å². The predicted octanol–water partition coefficient (Wildman–Crippen LogP) is 1.48. The van der Waals surface area contributed by atoms with Gasteiger partial charge in [0.25, 0.3) is 0 Å². The van der Waals surface area contributed by atoms with Crippen LogP contribution >= 0.6 is 0 Å². The fourth-order valence-electron chi connectivity index (χ4n) is 2.02. The lowest BCUT2D eigenvalue weighted by Crippen LogP contribution is -2.35. The molecule has 2 amide bonds. The molecular formula is C12H15FN2O3S. The van der Waals surface area contributed by atoms with Crippen molar-refractivity contribution in [2.75, 3.05) is 24.7 Å². The van der Waals surface area contributed by atoms with Gasteiger partial charge in [-0.25, -0.2) is 17.6 Å². The number of para-hydroxylation sites is 1. The Labute approximate surface area is 111 Å². The summed E-state index contributed by atoms with van der Waals surface area (Å²) in [7, 11) is -3.15. The van der Waals surface area contributed by atoms with Gasteiger partial charge in [-0.05, 0) is 18.6 Å². The minimum atomic E-state index is -3.15. The molecule has 1 unspecified atom stereocenters. The Hall–Kier alpha value is -1.63. The number of hydrogen-bond acceptors (Lipinski definition) is 3. The first-order valence-corrected chi connectivity index (χ1v) is 7.82. The van der Waals surface area contributed by atoms with E-state index in [0.717, 1.165) is 6.26 Å². The summed E-state index contributed by atoms with van der Waals surface area (Å²) in [6, 6.07) is 5.37. The summed E-state index contributed by atoms with van der Waals surface area (Å²) < 4.78 is 36.2. The number of nitrogens with zero attached hydrogens (tertiary/aromatic N) is 1. The summed E-state index contributed by atoms with van der Waals surface area (Å²) in [6.45, 7) is 0.511. The van der Waals surface area contributed by atoms with E-state index in [2.05, 4.69) is 5.32 Å². The largest absolute Gasteiger partial charge is 0.323 e. The van der Waals surface area contributed by atoms with E-state index < -0.39 is 26.9 Å². The maximum absolute atomic E-state index is 13.4. The zero-order valence-corrected chi connectivity index (χ0v) is 11.3. The zero-order chi connectivity index (χ0) is 14.0. The maximum atomic E-state index is 13.4. The van der Waals surface area contributed by atoms with Gasteiger partial charge in [-0.2, -0.15) is 0 Å². The molecule has 1 heterocycles. The van der Waals surface area contributed by atoms with Crippen LogP contribution in [0.15, 0.2) is 24.3 Å². The average Bonchev–Trinajstić information content (AvgIpc) is 2.81. The molecule has 2 rings (SSSR count). The van der Waals surface area contributed by atoms with Gasteiger partial charge in [-0.1, -0.05) is 12.1 Å². The molecule has 0 saturated carbocycles.